The van der Waals surface area contributed by atoms with Gasteiger partial charge < -0.3 is 9.47 Å². The van der Waals surface area contributed by atoms with Gasteiger partial charge in [0.15, 0.2) is 0 Å². The molecule has 0 heterocycles. The van der Waals surface area contributed by atoms with Crippen molar-refractivity contribution in [3.05, 3.63) is 0 Å². The van der Waals surface area contributed by atoms with Crippen molar-refractivity contribution in [3.63, 3.8) is 0 Å². The molecular formula is C31H56O4. The van der Waals surface area contributed by atoms with Crippen LogP contribution in [-0.2, 0) is 19.1 Å². The van der Waals surface area contributed by atoms with Crippen LogP contribution in [0.2, 0.25) is 0 Å². The van der Waals surface area contributed by atoms with Crippen molar-refractivity contribution < 1.29 is 19.1 Å². The van der Waals surface area contributed by atoms with Gasteiger partial charge in [-0.05, 0) is 79.4 Å². The van der Waals surface area contributed by atoms with Crippen LogP contribution >= 0.6 is 0 Å². The Labute approximate surface area is 216 Å². The van der Waals surface area contributed by atoms with Gasteiger partial charge in [0, 0.05) is 0 Å². The molecule has 0 amide bonds. The average Bonchev–Trinajstić information content (AvgIpc) is 2.82. The Kier molecular flexibility index (Phi) is 11.6. The monoisotopic (exact) mass is 492 g/mol. The minimum atomic E-state index is 0.00239. The fraction of sp³-hybridized carbons (Fsp3) is 0.935. The minimum Gasteiger partial charge on any atom is -0.465 e. The molecule has 0 aromatic carbocycles. The van der Waals surface area contributed by atoms with Crippen LogP contribution in [0.1, 0.15) is 126 Å². The fourth-order valence-corrected chi connectivity index (χ4v) is 6.19. The second kappa shape index (κ2) is 13.5. The third-order valence-electron chi connectivity index (χ3n) is 9.21. The van der Waals surface area contributed by atoms with Gasteiger partial charge in [0.1, 0.15) is 0 Å². The van der Waals surface area contributed by atoms with Crippen molar-refractivity contribution in [2.75, 3.05) is 13.2 Å². The molecule has 0 aliphatic heterocycles. The predicted molar refractivity (Wildman–Crippen MR) is 144 cm³/mol. The highest BCUT2D eigenvalue weighted by molar-refractivity contribution is 5.73. The first kappa shape index (κ1) is 30.2. The molecule has 2 rings (SSSR count). The second-order valence-electron chi connectivity index (χ2n) is 13.9. The zero-order valence-corrected chi connectivity index (χ0v) is 24.3. The number of esters is 2. The largest absolute Gasteiger partial charge is 0.465 e. The van der Waals surface area contributed by atoms with Gasteiger partial charge >= 0.3 is 11.9 Å². The standard InChI is InChI=1S/C31H56O4/c1-9-22(20-34-28(32)24-13-11-15-26(18-24)30(3,4)5)17-23(10-2)21-35-29(33)25-14-12-16-27(19-25)31(6,7)8/h22-27H,9-21H2,1-8H3. The molecule has 0 aromatic heterocycles. The van der Waals surface area contributed by atoms with E-state index < -0.39 is 0 Å². The van der Waals surface area contributed by atoms with Crippen LogP contribution in [0.4, 0.5) is 0 Å². The molecule has 204 valence electrons. The maximum atomic E-state index is 12.8. The van der Waals surface area contributed by atoms with E-state index in [0.717, 1.165) is 57.8 Å². The molecule has 0 saturated heterocycles. The Hall–Kier alpha value is -1.06. The predicted octanol–water partition coefficient (Wildman–Crippen LogP) is 8.22. The highest BCUT2D eigenvalue weighted by atomic mass is 16.5. The number of ether oxygens (including phenoxy) is 2. The van der Waals surface area contributed by atoms with Crippen LogP contribution < -0.4 is 0 Å². The summed E-state index contributed by atoms with van der Waals surface area (Å²) < 4.78 is 11.7. The summed E-state index contributed by atoms with van der Waals surface area (Å²) in [5.41, 5.74) is 0.504. The summed E-state index contributed by atoms with van der Waals surface area (Å²) in [5, 5.41) is 0. The van der Waals surface area contributed by atoms with Crippen molar-refractivity contribution >= 4 is 11.9 Å². The lowest BCUT2D eigenvalue weighted by Gasteiger charge is -2.37. The first-order valence-electron chi connectivity index (χ1n) is 14.7. The molecule has 6 unspecified atom stereocenters. The van der Waals surface area contributed by atoms with Gasteiger partial charge in [0.05, 0.1) is 25.0 Å². The number of hydrogen-bond acceptors (Lipinski definition) is 4. The van der Waals surface area contributed by atoms with E-state index in [0.29, 0.717) is 36.9 Å². The molecule has 4 nitrogen and oxygen atoms in total. The number of rotatable bonds is 10. The maximum absolute atomic E-state index is 12.8. The normalized spacial score (nSPS) is 27.7. The van der Waals surface area contributed by atoms with Gasteiger partial charge in [-0.1, -0.05) is 81.1 Å². The second-order valence-corrected chi connectivity index (χ2v) is 13.9. The van der Waals surface area contributed by atoms with Crippen LogP contribution in [0.3, 0.4) is 0 Å². The molecule has 0 radical (unpaired) electrons. The van der Waals surface area contributed by atoms with E-state index in [1.54, 1.807) is 0 Å². The highest BCUT2D eigenvalue weighted by Gasteiger charge is 2.36. The van der Waals surface area contributed by atoms with Gasteiger partial charge in [-0.25, -0.2) is 0 Å². The van der Waals surface area contributed by atoms with E-state index in [-0.39, 0.29) is 34.6 Å². The SMILES string of the molecule is CCC(COC(=O)C1CCCC(C(C)(C)C)C1)CC(CC)COC(=O)C1CCCC(C(C)(C)C)C1. The first-order valence-corrected chi connectivity index (χ1v) is 14.7. The molecule has 2 fully saturated rings. The Morgan fingerprint density at radius 3 is 1.37 bits per heavy atom. The van der Waals surface area contributed by atoms with Crippen LogP contribution in [0.25, 0.3) is 0 Å². The van der Waals surface area contributed by atoms with Gasteiger partial charge in [-0.3, -0.25) is 9.59 Å². The summed E-state index contributed by atoms with van der Waals surface area (Å²) in [6.07, 6.45) is 11.4. The lowest BCUT2D eigenvalue weighted by atomic mass is 9.69. The molecule has 4 heteroatoms. The van der Waals surface area contributed by atoms with Gasteiger partial charge in [-0.15, -0.1) is 0 Å². The first-order chi connectivity index (χ1) is 16.3. The Morgan fingerprint density at radius 1 is 0.686 bits per heavy atom. The molecule has 0 bridgehead atoms. The van der Waals surface area contributed by atoms with Gasteiger partial charge in [0.25, 0.3) is 0 Å². The van der Waals surface area contributed by atoms with E-state index in [9.17, 15) is 9.59 Å². The van der Waals surface area contributed by atoms with Gasteiger partial charge in [0.2, 0.25) is 0 Å². The van der Waals surface area contributed by atoms with E-state index in [2.05, 4.69) is 55.4 Å². The van der Waals surface area contributed by atoms with Crippen molar-refractivity contribution in [3.8, 4) is 0 Å². The van der Waals surface area contributed by atoms with Crippen LogP contribution in [0, 0.1) is 46.3 Å². The molecule has 0 aromatic rings. The molecule has 0 N–H and O–H groups in total. The highest BCUT2D eigenvalue weighted by Crippen LogP contribution is 2.41. The fourth-order valence-electron chi connectivity index (χ4n) is 6.19. The zero-order chi connectivity index (χ0) is 26.2. The lowest BCUT2D eigenvalue weighted by Crippen LogP contribution is -2.32. The summed E-state index contributed by atoms with van der Waals surface area (Å²) in [5.74, 6) is 1.96. The van der Waals surface area contributed by atoms with Gasteiger partial charge in [-0.2, -0.15) is 0 Å². The molecule has 2 saturated carbocycles. The lowest BCUT2D eigenvalue weighted by molar-refractivity contribution is -0.153. The number of carbonyl (C=O) groups is 2. The average molecular weight is 493 g/mol. The zero-order valence-electron chi connectivity index (χ0n) is 24.3. The number of hydrogen-bond donors (Lipinski definition) is 0. The minimum absolute atomic E-state index is 0.00239. The van der Waals surface area contributed by atoms with Crippen molar-refractivity contribution in [2.24, 2.45) is 46.3 Å². The molecule has 2 aliphatic carbocycles. The van der Waals surface area contributed by atoms with Crippen molar-refractivity contribution in [1.82, 2.24) is 0 Å². The Balaban J connectivity index is 1.78. The summed E-state index contributed by atoms with van der Waals surface area (Å²) in [4.78, 5) is 25.7. The van der Waals surface area contributed by atoms with E-state index in [1.165, 1.54) is 12.8 Å². The van der Waals surface area contributed by atoms with Crippen LogP contribution in [0.15, 0.2) is 0 Å². The molecular weight excluding hydrogens is 436 g/mol. The number of carbonyl (C=O) groups excluding carboxylic acids is 2. The quantitative estimate of drug-likeness (QED) is 0.288. The van der Waals surface area contributed by atoms with E-state index >= 15 is 0 Å². The van der Waals surface area contributed by atoms with E-state index in [4.69, 9.17) is 9.47 Å². The topological polar surface area (TPSA) is 52.6 Å². The molecule has 2 aliphatic rings. The molecule has 6 atom stereocenters. The third kappa shape index (κ3) is 9.73. The third-order valence-corrected chi connectivity index (χ3v) is 9.21. The smallest absolute Gasteiger partial charge is 0.308 e. The Morgan fingerprint density at radius 2 is 1.06 bits per heavy atom. The summed E-state index contributed by atoms with van der Waals surface area (Å²) in [6.45, 7) is 19.0. The van der Waals surface area contributed by atoms with Crippen LogP contribution in [0.5, 0.6) is 0 Å². The van der Waals surface area contributed by atoms with Crippen molar-refractivity contribution in [1.29, 1.82) is 0 Å². The van der Waals surface area contributed by atoms with Crippen molar-refractivity contribution in [2.45, 2.75) is 126 Å². The molecule has 35 heavy (non-hydrogen) atoms. The molecule has 0 spiro atoms. The Bertz CT molecular complexity index is 600. The van der Waals surface area contributed by atoms with Crippen LogP contribution in [-0.4, -0.2) is 25.2 Å². The maximum Gasteiger partial charge on any atom is 0.308 e. The summed E-state index contributed by atoms with van der Waals surface area (Å²) in [7, 11) is 0. The summed E-state index contributed by atoms with van der Waals surface area (Å²) >= 11 is 0. The van der Waals surface area contributed by atoms with E-state index in [1.807, 2.05) is 0 Å². The summed E-state index contributed by atoms with van der Waals surface area (Å²) in [6, 6.07) is 0.